The molecule has 1 aliphatic heterocycles. The van der Waals surface area contributed by atoms with Gasteiger partial charge in [0.15, 0.2) is 17.5 Å². The van der Waals surface area contributed by atoms with Crippen LogP contribution >= 0.6 is 0 Å². The molecule has 1 aliphatic rings. The minimum Gasteiger partial charge on any atom is -0.337 e. The fourth-order valence-corrected chi connectivity index (χ4v) is 4.31. The Balaban J connectivity index is 1.67. The average molecular weight is 410 g/mol. The molecule has 28 heavy (non-hydrogen) atoms. The standard InChI is InChI=1S/C19H17F3N2O3S/c20-15-7-8-16(19(22)18(15)21)28(26,27)24-12-10-23(11-13-24)17(25)9-6-14-4-2-1-3-5-14/h1-9H,10-13H2/b9-6+. The lowest BCUT2D eigenvalue weighted by Gasteiger charge is -2.33. The number of sulfonamides is 1. The summed E-state index contributed by atoms with van der Waals surface area (Å²) >= 11 is 0. The van der Waals surface area contributed by atoms with Crippen molar-refractivity contribution < 1.29 is 26.4 Å². The van der Waals surface area contributed by atoms with Gasteiger partial charge < -0.3 is 4.90 Å². The first-order valence-corrected chi connectivity index (χ1v) is 9.90. The zero-order valence-electron chi connectivity index (χ0n) is 14.7. The van der Waals surface area contributed by atoms with Crippen molar-refractivity contribution in [2.75, 3.05) is 26.2 Å². The zero-order valence-corrected chi connectivity index (χ0v) is 15.5. The summed E-state index contributed by atoms with van der Waals surface area (Å²) in [6.45, 7) is 0.0440. The van der Waals surface area contributed by atoms with Crippen LogP contribution in [0.5, 0.6) is 0 Å². The number of amides is 1. The molecule has 5 nitrogen and oxygen atoms in total. The Kier molecular flexibility index (Phi) is 5.85. The van der Waals surface area contributed by atoms with Gasteiger partial charge in [-0.25, -0.2) is 21.6 Å². The van der Waals surface area contributed by atoms with Gasteiger partial charge in [0.2, 0.25) is 15.9 Å². The second-order valence-electron chi connectivity index (χ2n) is 6.15. The molecule has 3 rings (SSSR count). The maximum Gasteiger partial charge on any atom is 0.246 e. The third-order valence-corrected chi connectivity index (χ3v) is 6.30. The van der Waals surface area contributed by atoms with Crippen LogP contribution in [0.15, 0.2) is 53.4 Å². The molecule has 9 heteroatoms. The molecule has 2 aromatic carbocycles. The number of hydrogen-bond donors (Lipinski definition) is 0. The minimum absolute atomic E-state index is 0.0777. The molecule has 1 saturated heterocycles. The van der Waals surface area contributed by atoms with E-state index < -0.39 is 32.4 Å². The van der Waals surface area contributed by atoms with Crippen molar-refractivity contribution >= 4 is 22.0 Å². The second-order valence-corrected chi connectivity index (χ2v) is 8.05. The summed E-state index contributed by atoms with van der Waals surface area (Å²) in [6.07, 6.45) is 3.05. The van der Waals surface area contributed by atoms with E-state index in [1.165, 1.54) is 11.0 Å². The van der Waals surface area contributed by atoms with Crippen LogP contribution in [0.1, 0.15) is 5.56 Å². The lowest BCUT2D eigenvalue weighted by molar-refractivity contribution is -0.127. The van der Waals surface area contributed by atoms with Gasteiger partial charge in [-0.15, -0.1) is 0 Å². The smallest absolute Gasteiger partial charge is 0.246 e. The molecule has 0 unspecified atom stereocenters. The minimum atomic E-state index is -4.34. The van der Waals surface area contributed by atoms with E-state index in [0.717, 1.165) is 9.87 Å². The molecule has 1 fully saturated rings. The number of halogens is 3. The number of piperazine rings is 1. The Morgan fingerprint density at radius 3 is 2.18 bits per heavy atom. The first-order valence-electron chi connectivity index (χ1n) is 8.46. The average Bonchev–Trinajstić information content (AvgIpc) is 2.71. The number of carbonyl (C=O) groups is 1. The van der Waals surface area contributed by atoms with Gasteiger partial charge in [-0.2, -0.15) is 4.31 Å². The van der Waals surface area contributed by atoms with E-state index in [4.69, 9.17) is 0 Å². The lowest BCUT2D eigenvalue weighted by Crippen LogP contribution is -2.50. The van der Waals surface area contributed by atoms with E-state index in [1.54, 1.807) is 6.08 Å². The van der Waals surface area contributed by atoms with Crippen LogP contribution in [0, 0.1) is 17.5 Å². The molecular formula is C19H17F3N2O3S. The molecule has 0 saturated carbocycles. The molecule has 1 heterocycles. The SMILES string of the molecule is O=C(/C=C/c1ccccc1)N1CCN(S(=O)(=O)c2ccc(F)c(F)c2F)CC1. The summed E-state index contributed by atoms with van der Waals surface area (Å²) in [6, 6.07) is 10.5. The van der Waals surface area contributed by atoms with Gasteiger partial charge in [-0.1, -0.05) is 30.3 Å². The first kappa shape index (κ1) is 20.1. The van der Waals surface area contributed by atoms with Crippen LogP contribution < -0.4 is 0 Å². The number of carbonyl (C=O) groups excluding carboxylic acids is 1. The maximum atomic E-state index is 13.9. The summed E-state index contributed by atoms with van der Waals surface area (Å²) in [5, 5.41) is 0. The summed E-state index contributed by atoms with van der Waals surface area (Å²) in [4.78, 5) is 12.8. The summed E-state index contributed by atoms with van der Waals surface area (Å²) in [7, 11) is -4.34. The van der Waals surface area contributed by atoms with Crippen LogP contribution in [0.3, 0.4) is 0 Å². The van der Waals surface area contributed by atoms with E-state index in [-0.39, 0.29) is 32.1 Å². The van der Waals surface area contributed by atoms with Gasteiger partial charge in [0.1, 0.15) is 4.90 Å². The molecule has 0 aliphatic carbocycles. The van der Waals surface area contributed by atoms with Crippen molar-refractivity contribution in [1.82, 2.24) is 9.21 Å². The maximum absolute atomic E-state index is 13.9. The largest absolute Gasteiger partial charge is 0.337 e. The Hall–Kier alpha value is -2.65. The molecule has 148 valence electrons. The van der Waals surface area contributed by atoms with Crippen LogP contribution in [-0.4, -0.2) is 49.7 Å². The van der Waals surface area contributed by atoms with Crippen molar-refractivity contribution in [2.45, 2.75) is 4.90 Å². The highest BCUT2D eigenvalue weighted by Gasteiger charge is 2.33. The van der Waals surface area contributed by atoms with Crippen LogP contribution in [-0.2, 0) is 14.8 Å². The molecule has 0 atom stereocenters. The molecule has 0 bridgehead atoms. The molecule has 0 aromatic heterocycles. The quantitative estimate of drug-likeness (QED) is 0.575. The lowest BCUT2D eigenvalue weighted by atomic mass is 10.2. The molecule has 2 aromatic rings. The summed E-state index contributed by atoms with van der Waals surface area (Å²) in [5.41, 5.74) is 0.853. The van der Waals surface area contributed by atoms with Crippen molar-refractivity contribution in [3.8, 4) is 0 Å². The van der Waals surface area contributed by atoms with E-state index in [1.807, 2.05) is 30.3 Å². The van der Waals surface area contributed by atoms with Gasteiger partial charge in [0.05, 0.1) is 0 Å². The van der Waals surface area contributed by atoms with Crippen LogP contribution in [0.4, 0.5) is 13.2 Å². The molecule has 0 radical (unpaired) electrons. The van der Waals surface area contributed by atoms with Gasteiger partial charge in [-0.3, -0.25) is 4.79 Å². The van der Waals surface area contributed by atoms with Gasteiger partial charge >= 0.3 is 0 Å². The number of nitrogens with zero attached hydrogens (tertiary/aromatic N) is 2. The number of benzene rings is 2. The van der Waals surface area contributed by atoms with E-state index in [2.05, 4.69) is 0 Å². The van der Waals surface area contributed by atoms with Gasteiger partial charge in [0, 0.05) is 32.3 Å². The van der Waals surface area contributed by atoms with Crippen molar-refractivity contribution in [3.63, 3.8) is 0 Å². The van der Waals surface area contributed by atoms with Crippen molar-refractivity contribution in [2.24, 2.45) is 0 Å². The highest BCUT2D eigenvalue weighted by Crippen LogP contribution is 2.24. The van der Waals surface area contributed by atoms with E-state index >= 15 is 0 Å². The predicted octanol–water partition coefficient (Wildman–Crippen LogP) is 2.65. The van der Waals surface area contributed by atoms with Gasteiger partial charge in [0.25, 0.3) is 0 Å². The van der Waals surface area contributed by atoms with Crippen molar-refractivity contribution in [1.29, 1.82) is 0 Å². The summed E-state index contributed by atoms with van der Waals surface area (Å²) in [5.74, 6) is -5.32. The van der Waals surface area contributed by atoms with E-state index in [9.17, 15) is 26.4 Å². The highest BCUT2D eigenvalue weighted by molar-refractivity contribution is 7.89. The third kappa shape index (κ3) is 4.10. The van der Waals surface area contributed by atoms with Gasteiger partial charge in [-0.05, 0) is 23.8 Å². The molecule has 0 spiro atoms. The number of rotatable bonds is 4. The molecular weight excluding hydrogens is 393 g/mol. The van der Waals surface area contributed by atoms with Crippen LogP contribution in [0.25, 0.3) is 6.08 Å². The Morgan fingerprint density at radius 2 is 1.54 bits per heavy atom. The first-order chi connectivity index (χ1) is 13.3. The fraction of sp³-hybridized carbons (Fsp3) is 0.211. The number of hydrogen-bond acceptors (Lipinski definition) is 3. The topological polar surface area (TPSA) is 57.7 Å². The Morgan fingerprint density at radius 1 is 0.893 bits per heavy atom. The van der Waals surface area contributed by atoms with E-state index in [0.29, 0.717) is 12.1 Å². The molecule has 1 amide bonds. The summed E-state index contributed by atoms with van der Waals surface area (Å²) < 4.78 is 66.4. The monoisotopic (exact) mass is 410 g/mol. The second kappa shape index (κ2) is 8.15. The molecule has 0 N–H and O–H groups in total. The fourth-order valence-electron chi connectivity index (χ4n) is 2.83. The normalized spacial score (nSPS) is 15.9. The Bertz CT molecular complexity index is 1000. The third-order valence-electron chi connectivity index (χ3n) is 4.39. The highest BCUT2D eigenvalue weighted by atomic mass is 32.2. The zero-order chi connectivity index (χ0) is 20.3. The van der Waals surface area contributed by atoms with Crippen LogP contribution in [0.2, 0.25) is 0 Å². The van der Waals surface area contributed by atoms with Crippen molar-refractivity contribution in [3.05, 3.63) is 71.6 Å². The predicted molar refractivity (Wildman–Crippen MR) is 97.1 cm³/mol. The Labute approximate surface area is 160 Å².